The highest BCUT2D eigenvalue weighted by atomic mass is 28.3. The van der Waals surface area contributed by atoms with Gasteiger partial charge in [-0.25, -0.2) is 9.78 Å². The first-order chi connectivity index (χ1) is 17.6. The summed E-state index contributed by atoms with van der Waals surface area (Å²) in [6, 6.07) is 19.1. The van der Waals surface area contributed by atoms with Crippen molar-refractivity contribution in [1.82, 2.24) is 19.4 Å². The minimum Gasteiger partial charge on any atom is -0.457 e. The van der Waals surface area contributed by atoms with Gasteiger partial charge in [0.1, 0.15) is 22.8 Å². The predicted octanol–water partition coefficient (Wildman–Crippen LogP) is 5.97. The number of piperidine rings is 1. The maximum Gasteiger partial charge on any atom is 0.334 e. The fourth-order valence-corrected chi connectivity index (χ4v) is 8.09. The smallest absolute Gasteiger partial charge is 0.334 e. The van der Waals surface area contributed by atoms with Crippen LogP contribution < -0.4 is 21.5 Å². The molecule has 37 heavy (non-hydrogen) atoms. The number of ether oxygens (including phenoxy) is 1. The van der Waals surface area contributed by atoms with Crippen molar-refractivity contribution in [1.29, 1.82) is 0 Å². The van der Waals surface area contributed by atoms with Crippen molar-refractivity contribution in [3.63, 3.8) is 0 Å². The summed E-state index contributed by atoms with van der Waals surface area (Å²) in [5.41, 5.74) is 9.06. The number of fused-ring (bicyclic) bond motifs is 1. The van der Waals surface area contributed by atoms with Gasteiger partial charge in [0.2, 0.25) is 0 Å². The second kappa shape index (κ2) is 9.50. The number of pyridine rings is 1. The average Bonchev–Trinajstić information content (AvgIpc) is 3.17. The first-order valence-corrected chi connectivity index (χ1v) is 16.1. The van der Waals surface area contributed by atoms with Gasteiger partial charge in [-0.15, -0.1) is 0 Å². The molecule has 194 valence electrons. The molecule has 5 rings (SSSR count). The molecule has 1 aliphatic rings. The molecule has 1 fully saturated rings. The Morgan fingerprint density at radius 3 is 2.35 bits per heavy atom. The summed E-state index contributed by atoms with van der Waals surface area (Å²) in [5.74, 6) is 1.81. The number of nitrogens with two attached hydrogens (primary N) is 1. The summed E-state index contributed by atoms with van der Waals surface area (Å²) in [7, 11) is -1.61. The molecule has 8 heteroatoms. The number of rotatable bonds is 5. The minimum absolute atomic E-state index is 0.0478. The lowest BCUT2D eigenvalue weighted by Gasteiger charge is -2.46. The fraction of sp³-hybridized carbons (Fsp3) is 0.379. The zero-order valence-corrected chi connectivity index (χ0v) is 23.4. The van der Waals surface area contributed by atoms with Gasteiger partial charge in [0, 0.05) is 12.7 Å². The van der Waals surface area contributed by atoms with E-state index in [1.54, 1.807) is 10.8 Å². The van der Waals surface area contributed by atoms with Crippen molar-refractivity contribution < 1.29 is 4.74 Å². The van der Waals surface area contributed by atoms with Crippen LogP contribution in [0, 0.1) is 0 Å². The SMILES string of the molecule is CC(C)(C)[Si](C)(C)[C@H]1CNCC(n2c(=O)n(-c3ccc(Oc4ccccc4)cc3)c3c(N)nccc32)C1. The zero-order chi connectivity index (χ0) is 26.4. The van der Waals surface area contributed by atoms with E-state index in [9.17, 15) is 4.79 Å². The molecule has 3 heterocycles. The average molecular weight is 516 g/mol. The van der Waals surface area contributed by atoms with Gasteiger partial charge in [-0.05, 0) is 66.0 Å². The van der Waals surface area contributed by atoms with Crippen LogP contribution in [0.15, 0.2) is 71.7 Å². The van der Waals surface area contributed by atoms with Crippen LogP contribution in [0.1, 0.15) is 33.2 Å². The molecule has 2 aromatic carbocycles. The highest BCUT2D eigenvalue weighted by Gasteiger charge is 2.44. The number of nitrogen functional groups attached to an aromatic ring is 1. The van der Waals surface area contributed by atoms with Crippen LogP contribution in [-0.4, -0.2) is 35.3 Å². The molecule has 0 aliphatic carbocycles. The number of aromatic nitrogens is 3. The van der Waals surface area contributed by atoms with Crippen LogP contribution in [-0.2, 0) is 0 Å². The molecule has 0 radical (unpaired) electrons. The minimum atomic E-state index is -1.61. The van der Waals surface area contributed by atoms with E-state index in [1.165, 1.54) is 0 Å². The number of imidazole rings is 1. The predicted molar refractivity (Wildman–Crippen MR) is 154 cm³/mol. The van der Waals surface area contributed by atoms with Gasteiger partial charge >= 0.3 is 5.69 Å². The van der Waals surface area contributed by atoms with Crippen LogP contribution >= 0.6 is 0 Å². The summed E-state index contributed by atoms with van der Waals surface area (Å²) in [6.45, 7) is 13.8. The van der Waals surface area contributed by atoms with Crippen molar-refractivity contribution in [2.45, 2.75) is 56.9 Å². The van der Waals surface area contributed by atoms with Crippen molar-refractivity contribution in [3.05, 3.63) is 77.3 Å². The van der Waals surface area contributed by atoms with E-state index in [0.717, 1.165) is 36.5 Å². The van der Waals surface area contributed by atoms with Gasteiger partial charge in [-0.1, -0.05) is 52.1 Å². The van der Waals surface area contributed by atoms with Crippen molar-refractivity contribution in [3.8, 4) is 17.2 Å². The maximum absolute atomic E-state index is 14.1. The topological polar surface area (TPSA) is 87.1 Å². The van der Waals surface area contributed by atoms with Crippen molar-refractivity contribution in [2.24, 2.45) is 0 Å². The highest BCUT2D eigenvalue weighted by molar-refractivity contribution is 6.81. The largest absolute Gasteiger partial charge is 0.457 e. The molecule has 2 atom stereocenters. The van der Waals surface area contributed by atoms with E-state index in [0.29, 0.717) is 22.6 Å². The molecule has 1 saturated heterocycles. The van der Waals surface area contributed by atoms with E-state index in [1.807, 2.05) is 65.2 Å². The number of para-hydroxylation sites is 1. The highest BCUT2D eigenvalue weighted by Crippen LogP contribution is 2.47. The number of hydrogen-bond donors (Lipinski definition) is 2. The lowest BCUT2D eigenvalue weighted by molar-refractivity contribution is 0.360. The molecule has 0 saturated carbocycles. The molecular weight excluding hydrogens is 478 g/mol. The van der Waals surface area contributed by atoms with E-state index < -0.39 is 8.07 Å². The van der Waals surface area contributed by atoms with Crippen molar-refractivity contribution in [2.75, 3.05) is 18.8 Å². The van der Waals surface area contributed by atoms with Crippen LogP contribution in [0.5, 0.6) is 11.5 Å². The lowest BCUT2D eigenvalue weighted by Crippen LogP contribution is -2.51. The van der Waals surface area contributed by atoms with Crippen LogP contribution in [0.3, 0.4) is 0 Å². The number of benzene rings is 2. The Hall–Kier alpha value is -3.36. The van der Waals surface area contributed by atoms with E-state index in [-0.39, 0.29) is 16.8 Å². The fourth-order valence-electron chi connectivity index (χ4n) is 5.35. The molecule has 4 aromatic rings. The molecule has 0 spiro atoms. The Balaban J connectivity index is 1.54. The molecule has 0 bridgehead atoms. The molecule has 1 unspecified atom stereocenters. The van der Waals surface area contributed by atoms with E-state index in [2.05, 4.69) is 44.2 Å². The van der Waals surface area contributed by atoms with Gasteiger partial charge < -0.3 is 15.8 Å². The second-order valence-electron chi connectivity index (χ2n) is 11.7. The molecule has 3 N–H and O–H groups in total. The Kier molecular flexibility index (Phi) is 6.49. The third-order valence-corrected chi connectivity index (χ3v) is 14.9. The van der Waals surface area contributed by atoms with Crippen LogP contribution in [0.4, 0.5) is 5.82 Å². The Morgan fingerprint density at radius 1 is 1.00 bits per heavy atom. The molecule has 2 aromatic heterocycles. The first kappa shape index (κ1) is 25.3. The zero-order valence-electron chi connectivity index (χ0n) is 22.4. The van der Waals surface area contributed by atoms with Crippen LogP contribution in [0.25, 0.3) is 16.7 Å². The second-order valence-corrected chi connectivity index (χ2v) is 17.4. The monoisotopic (exact) mass is 515 g/mol. The maximum atomic E-state index is 14.1. The third-order valence-electron chi connectivity index (χ3n) is 8.53. The Labute approximate surface area is 219 Å². The summed E-state index contributed by atoms with van der Waals surface area (Å²) in [5, 5.41) is 3.93. The number of nitrogens with zero attached hydrogens (tertiary/aromatic N) is 3. The van der Waals surface area contributed by atoms with E-state index >= 15 is 0 Å². The number of anilines is 1. The standard InChI is InChI=1S/C29H37N5O2Si/c1-29(2,3)37(4,5)24-17-21(18-31-19-24)33-25-15-16-32-27(30)26(25)34(28(33)35)20-11-13-23(14-12-20)36-22-9-7-6-8-10-22/h6-16,21,24,31H,17-19H2,1-5H3,(H2,30,32)/t21?,24-/m1/s1. The van der Waals surface area contributed by atoms with Gasteiger partial charge in [0.05, 0.1) is 25.3 Å². The van der Waals surface area contributed by atoms with Gasteiger partial charge in [0.25, 0.3) is 0 Å². The molecular formula is C29H37N5O2Si. The normalized spacial score (nSPS) is 18.7. The Morgan fingerprint density at radius 2 is 1.68 bits per heavy atom. The third kappa shape index (κ3) is 4.60. The first-order valence-electron chi connectivity index (χ1n) is 13.0. The van der Waals surface area contributed by atoms with Crippen LogP contribution in [0.2, 0.25) is 23.7 Å². The quantitative estimate of drug-likeness (QED) is 0.320. The Bertz CT molecular complexity index is 1450. The molecule has 7 nitrogen and oxygen atoms in total. The number of nitrogens with one attached hydrogen (secondary N) is 1. The number of hydrogen-bond acceptors (Lipinski definition) is 5. The van der Waals surface area contributed by atoms with Gasteiger partial charge in [-0.2, -0.15) is 0 Å². The van der Waals surface area contributed by atoms with E-state index in [4.69, 9.17) is 10.5 Å². The summed E-state index contributed by atoms with van der Waals surface area (Å²) in [6.07, 6.45) is 2.67. The summed E-state index contributed by atoms with van der Waals surface area (Å²) < 4.78 is 9.58. The van der Waals surface area contributed by atoms with Gasteiger partial charge in [0.15, 0.2) is 0 Å². The lowest BCUT2D eigenvalue weighted by atomic mass is 10.1. The van der Waals surface area contributed by atoms with Crippen molar-refractivity contribution >= 4 is 24.9 Å². The summed E-state index contributed by atoms with van der Waals surface area (Å²) in [4.78, 5) is 18.4. The molecule has 0 amide bonds. The molecule has 1 aliphatic heterocycles. The van der Waals surface area contributed by atoms with Gasteiger partial charge in [-0.3, -0.25) is 9.13 Å². The summed E-state index contributed by atoms with van der Waals surface area (Å²) >= 11 is 0.